The lowest BCUT2D eigenvalue weighted by Gasteiger charge is -2.68. The van der Waals surface area contributed by atoms with Crippen molar-refractivity contribution in [2.24, 2.45) is 29.1 Å². The molecule has 13 nitrogen and oxygen atoms in total. The van der Waals surface area contributed by atoms with Crippen LogP contribution in [0.4, 0.5) is 0 Å². The monoisotopic (exact) mass is 703 g/mol. The molecule has 6 N–H and O–H groups in total. The molecule has 4 saturated carbocycles. The van der Waals surface area contributed by atoms with Crippen LogP contribution in [0.15, 0.2) is 12.1 Å². The zero-order valence-corrected chi connectivity index (χ0v) is 29.8. The van der Waals surface area contributed by atoms with Gasteiger partial charge in [-0.15, -0.1) is 0 Å². The van der Waals surface area contributed by atoms with Gasteiger partial charge < -0.3 is 54.3 Å². The van der Waals surface area contributed by atoms with Crippen LogP contribution in [-0.4, -0.2) is 128 Å². The van der Waals surface area contributed by atoms with Crippen LogP contribution in [0.3, 0.4) is 0 Å². The van der Waals surface area contributed by atoms with Crippen molar-refractivity contribution in [1.82, 2.24) is 4.90 Å². The molecule has 0 aromatic heterocycles. The largest absolute Gasteiger partial charge is 0.493 e. The second-order valence-electron chi connectivity index (χ2n) is 17.1. The third-order valence-corrected chi connectivity index (χ3v) is 15.2. The summed E-state index contributed by atoms with van der Waals surface area (Å²) in [4.78, 5) is 15.8. The predicted molar refractivity (Wildman–Crippen MR) is 176 cm³/mol. The van der Waals surface area contributed by atoms with Crippen molar-refractivity contribution in [1.29, 1.82) is 0 Å². The zero-order chi connectivity index (χ0) is 36.0. The average Bonchev–Trinajstić information content (AvgIpc) is 3.24. The highest BCUT2D eigenvalue weighted by molar-refractivity contribution is 5.91. The summed E-state index contributed by atoms with van der Waals surface area (Å²) in [5, 5.41) is 74.9. The summed E-state index contributed by atoms with van der Waals surface area (Å²) >= 11 is 0. The summed E-state index contributed by atoms with van der Waals surface area (Å²) in [5.41, 5.74) is -9.64. The molecule has 3 aliphatic heterocycles. The van der Waals surface area contributed by atoms with E-state index < -0.39 is 81.2 Å². The first-order chi connectivity index (χ1) is 23.4. The molecule has 13 heteroatoms. The Morgan fingerprint density at radius 3 is 2.16 bits per heavy atom. The SMILES string of the molecule is COc1cc(C(=O)O[C@H]2CC[C@@]3(C)[C@@H]4CC[C@H]5[C@]6(O)C[C@H](O)[C@@]7(O)[C@@H](CN8C[C@@H](C)CC[C@H]8[C@@]7(C)O)[C@]6(O)C[C@@]53OC24O)cc(OC)c1OC. The lowest BCUT2D eigenvalue weighted by atomic mass is 9.49. The number of carbonyl (C=O) groups is 1. The average molecular weight is 704 g/mol. The summed E-state index contributed by atoms with van der Waals surface area (Å²) in [5.74, 6) is -3.76. The maximum atomic E-state index is 13.7. The minimum absolute atomic E-state index is 0.117. The van der Waals surface area contributed by atoms with Gasteiger partial charge in [0.1, 0.15) is 22.4 Å². The Morgan fingerprint density at radius 1 is 0.860 bits per heavy atom. The van der Waals surface area contributed by atoms with Crippen LogP contribution in [0.25, 0.3) is 0 Å². The maximum Gasteiger partial charge on any atom is 0.338 e. The van der Waals surface area contributed by atoms with Crippen molar-refractivity contribution in [3.8, 4) is 17.2 Å². The van der Waals surface area contributed by atoms with E-state index in [0.29, 0.717) is 43.9 Å². The number of ether oxygens (including phenoxy) is 5. The van der Waals surface area contributed by atoms with Crippen molar-refractivity contribution in [3.05, 3.63) is 17.7 Å². The van der Waals surface area contributed by atoms with Gasteiger partial charge in [-0.3, -0.25) is 4.90 Å². The van der Waals surface area contributed by atoms with E-state index in [2.05, 4.69) is 11.8 Å². The Bertz CT molecular complexity index is 1560. The first-order valence-electron chi connectivity index (χ1n) is 18.2. The second-order valence-corrected chi connectivity index (χ2v) is 17.1. The van der Waals surface area contributed by atoms with E-state index in [-0.39, 0.29) is 42.9 Å². The number of esters is 1. The van der Waals surface area contributed by atoms with Crippen molar-refractivity contribution >= 4 is 5.97 Å². The van der Waals surface area contributed by atoms with Gasteiger partial charge >= 0.3 is 5.97 Å². The van der Waals surface area contributed by atoms with Crippen molar-refractivity contribution in [2.75, 3.05) is 34.4 Å². The summed E-state index contributed by atoms with van der Waals surface area (Å²) in [6.07, 6.45) is -0.0196. The van der Waals surface area contributed by atoms with Crippen molar-refractivity contribution in [3.63, 3.8) is 0 Å². The number of benzene rings is 1. The van der Waals surface area contributed by atoms with E-state index in [0.717, 1.165) is 6.42 Å². The molecule has 1 aromatic rings. The number of hydrogen-bond donors (Lipinski definition) is 6. The number of aliphatic hydroxyl groups excluding tert-OH is 1. The molecule has 7 fully saturated rings. The number of nitrogens with zero attached hydrogens (tertiary/aromatic N) is 1. The fraction of sp³-hybridized carbons (Fsp3) is 0.811. The molecule has 3 saturated heterocycles. The summed E-state index contributed by atoms with van der Waals surface area (Å²) in [7, 11) is 4.35. The smallest absolute Gasteiger partial charge is 0.338 e. The highest BCUT2D eigenvalue weighted by Crippen LogP contribution is 2.78. The molecule has 1 spiro atoms. The molecule has 3 heterocycles. The zero-order valence-electron chi connectivity index (χ0n) is 29.8. The number of rotatable bonds is 5. The molecule has 1 unspecified atom stereocenters. The molecule has 14 atom stereocenters. The van der Waals surface area contributed by atoms with E-state index in [1.165, 1.54) is 33.5 Å². The maximum absolute atomic E-state index is 13.7. The predicted octanol–water partition coefficient (Wildman–Crippen LogP) is 1.36. The number of carbonyl (C=O) groups excluding carboxylic acids is 1. The van der Waals surface area contributed by atoms with E-state index in [4.69, 9.17) is 23.7 Å². The third kappa shape index (κ3) is 3.88. The first-order valence-corrected chi connectivity index (χ1v) is 18.2. The summed E-state index contributed by atoms with van der Waals surface area (Å²) in [6, 6.07) is 2.54. The minimum atomic E-state index is -2.11. The van der Waals surface area contributed by atoms with Gasteiger partial charge in [0.05, 0.1) is 38.6 Å². The van der Waals surface area contributed by atoms with E-state index in [1.54, 1.807) is 6.92 Å². The topological polar surface area (TPSA) is 188 Å². The van der Waals surface area contributed by atoms with Crippen LogP contribution in [0.5, 0.6) is 17.2 Å². The molecule has 278 valence electrons. The van der Waals surface area contributed by atoms with Crippen LogP contribution in [0.1, 0.15) is 82.5 Å². The highest BCUT2D eigenvalue weighted by atomic mass is 16.7. The van der Waals surface area contributed by atoms with Gasteiger partial charge in [0, 0.05) is 55.1 Å². The molecule has 1 aromatic carbocycles. The normalized spacial score (nSPS) is 51.9. The number of fused-ring (bicyclic) bond motifs is 5. The fourth-order valence-electron chi connectivity index (χ4n) is 12.8. The Hall–Kier alpha value is -2.23. The van der Waals surface area contributed by atoms with Crippen LogP contribution in [0.2, 0.25) is 0 Å². The second kappa shape index (κ2) is 10.7. The third-order valence-electron chi connectivity index (χ3n) is 15.2. The molecule has 4 bridgehead atoms. The Morgan fingerprint density at radius 2 is 1.52 bits per heavy atom. The number of aliphatic hydroxyl groups is 6. The minimum Gasteiger partial charge on any atom is -0.493 e. The Labute approximate surface area is 292 Å². The van der Waals surface area contributed by atoms with Gasteiger partial charge in [-0.05, 0) is 63.5 Å². The first kappa shape index (κ1) is 34.8. The molecular weight excluding hydrogens is 650 g/mol. The number of methoxy groups -OCH3 is 3. The molecule has 7 aliphatic rings. The molecule has 0 radical (unpaired) electrons. The van der Waals surface area contributed by atoms with Crippen molar-refractivity contribution < 1.29 is 59.1 Å². The summed E-state index contributed by atoms with van der Waals surface area (Å²) in [6.45, 7) is 6.54. The molecule has 4 aliphatic carbocycles. The van der Waals surface area contributed by atoms with Crippen LogP contribution in [0, 0.1) is 29.1 Å². The molecular formula is C37H53NO12. The Balaban J connectivity index is 1.16. The quantitative estimate of drug-likeness (QED) is 0.242. The van der Waals surface area contributed by atoms with Gasteiger partial charge in [-0.2, -0.15) is 0 Å². The van der Waals surface area contributed by atoms with E-state index >= 15 is 0 Å². The van der Waals surface area contributed by atoms with Gasteiger partial charge in [-0.25, -0.2) is 4.79 Å². The van der Waals surface area contributed by atoms with Crippen LogP contribution < -0.4 is 14.2 Å². The lowest BCUT2D eigenvalue weighted by Crippen LogP contribution is -2.85. The lowest BCUT2D eigenvalue weighted by molar-refractivity contribution is -0.354. The summed E-state index contributed by atoms with van der Waals surface area (Å²) < 4.78 is 29.2. The van der Waals surface area contributed by atoms with Gasteiger partial charge in [0.2, 0.25) is 11.5 Å². The van der Waals surface area contributed by atoms with Crippen molar-refractivity contribution in [2.45, 2.75) is 124 Å². The van der Waals surface area contributed by atoms with E-state index in [9.17, 15) is 35.4 Å². The highest BCUT2D eigenvalue weighted by Gasteiger charge is 2.88. The fourth-order valence-corrected chi connectivity index (χ4v) is 12.8. The van der Waals surface area contributed by atoms with Gasteiger partial charge in [0.15, 0.2) is 17.6 Å². The molecule has 8 rings (SSSR count). The van der Waals surface area contributed by atoms with Crippen LogP contribution in [-0.2, 0) is 9.47 Å². The van der Waals surface area contributed by atoms with Gasteiger partial charge in [0.25, 0.3) is 0 Å². The number of piperidine rings is 2. The number of hydrogen-bond acceptors (Lipinski definition) is 13. The molecule has 0 amide bonds. The van der Waals surface area contributed by atoms with E-state index in [1.807, 2.05) is 6.92 Å². The van der Waals surface area contributed by atoms with Crippen LogP contribution >= 0.6 is 0 Å². The standard InChI is InChI=1S/C37H53NO12/c1-19-7-10-26-32(3,41)36(44)25(17-38(26)16-19)34(43)18-35-24(33(34,42)15-27(36)39)9-8-23-31(35,2)12-11-28(37(23,45)50-35)49-30(40)20-13-21(46-4)29(48-6)22(14-20)47-5/h13-14,19,23-28,39,41-45H,7-12,15-18H2,1-6H3/t19-,23-,24-,25-,26-,27-,28-,31-,32+,33+,34+,35+,36-,37?/m0/s1. The molecule has 50 heavy (non-hydrogen) atoms. The Kier molecular flexibility index (Phi) is 7.44. The van der Waals surface area contributed by atoms with Gasteiger partial charge in [-0.1, -0.05) is 13.8 Å².